The molecule has 0 saturated heterocycles. The monoisotopic (exact) mass is 449 g/mol. The first kappa shape index (κ1) is 24.2. The van der Waals surface area contributed by atoms with E-state index in [-0.39, 0.29) is 29.8 Å². The van der Waals surface area contributed by atoms with Crippen LogP contribution in [0.5, 0.6) is 0 Å². The number of amides is 1. The highest BCUT2D eigenvalue weighted by molar-refractivity contribution is 7.15. The zero-order chi connectivity index (χ0) is 22.8. The average Bonchev–Trinajstić information content (AvgIpc) is 3.15. The minimum absolute atomic E-state index is 0.0302. The summed E-state index contributed by atoms with van der Waals surface area (Å²) in [4.78, 5) is 21.0. The highest BCUT2D eigenvalue weighted by Crippen LogP contribution is 2.62. The van der Waals surface area contributed by atoms with Crippen LogP contribution in [0.3, 0.4) is 0 Å². The minimum Gasteiger partial charge on any atom is -0.396 e. The van der Waals surface area contributed by atoms with E-state index in [1.807, 2.05) is 14.0 Å². The summed E-state index contributed by atoms with van der Waals surface area (Å²) >= 11 is 1.68. The fraction of sp³-hybridized carbons (Fsp3) is 0.750. The summed E-state index contributed by atoms with van der Waals surface area (Å²) in [5.41, 5.74) is 0.252. The van der Waals surface area contributed by atoms with Crippen molar-refractivity contribution in [2.75, 3.05) is 32.1 Å². The number of aliphatic hydroxyl groups is 2. The fourth-order valence-corrected chi connectivity index (χ4v) is 6.81. The van der Waals surface area contributed by atoms with Gasteiger partial charge in [-0.05, 0) is 37.0 Å². The average molecular weight is 450 g/mol. The van der Waals surface area contributed by atoms with Crippen LogP contribution in [0, 0.1) is 16.7 Å². The van der Waals surface area contributed by atoms with Gasteiger partial charge in [-0.1, -0.05) is 33.3 Å². The maximum absolute atomic E-state index is 13.1. The first-order chi connectivity index (χ1) is 14.7. The smallest absolute Gasteiger partial charge is 0.223 e. The van der Waals surface area contributed by atoms with Gasteiger partial charge in [0.25, 0.3) is 0 Å². The second kappa shape index (κ2) is 9.59. The first-order valence-electron chi connectivity index (χ1n) is 11.6. The molecule has 0 spiro atoms. The molecule has 1 heterocycles. The van der Waals surface area contributed by atoms with Gasteiger partial charge in [-0.25, -0.2) is 4.98 Å². The van der Waals surface area contributed by atoms with E-state index in [1.54, 1.807) is 22.3 Å². The zero-order valence-corrected chi connectivity index (χ0v) is 20.3. The normalized spacial score (nSPS) is 32.1. The number of hydrogen-bond acceptors (Lipinski definition) is 6. The molecule has 2 aliphatic rings. The van der Waals surface area contributed by atoms with Crippen LogP contribution in [0.2, 0.25) is 0 Å². The lowest BCUT2D eigenvalue weighted by Gasteiger charge is -2.58. The van der Waals surface area contributed by atoms with Crippen molar-refractivity contribution in [2.45, 2.75) is 71.3 Å². The van der Waals surface area contributed by atoms with Crippen LogP contribution in [-0.2, 0) is 11.2 Å². The molecule has 174 valence electrons. The van der Waals surface area contributed by atoms with Gasteiger partial charge in [0.15, 0.2) is 5.13 Å². The van der Waals surface area contributed by atoms with Crippen molar-refractivity contribution in [3.63, 3.8) is 0 Å². The van der Waals surface area contributed by atoms with Crippen molar-refractivity contribution in [1.82, 2.24) is 9.88 Å². The van der Waals surface area contributed by atoms with Gasteiger partial charge in [-0.3, -0.25) is 4.79 Å². The number of aliphatic hydroxyl groups excluding tert-OH is 2. The van der Waals surface area contributed by atoms with Crippen LogP contribution in [-0.4, -0.2) is 58.9 Å². The number of likely N-dealkylation sites (N-methyl/N-ethyl adjacent to an activating group) is 1. The van der Waals surface area contributed by atoms with Crippen molar-refractivity contribution < 1.29 is 15.0 Å². The van der Waals surface area contributed by atoms with Crippen LogP contribution in [0.15, 0.2) is 12.7 Å². The molecule has 0 aliphatic heterocycles. The third-order valence-corrected chi connectivity index (χ3v) is 8.96. The lowest BCUT2D eigenvalue weighted by atomic mass is 9.47. The number of nitrogens with one attached hydrogen (secondary N) is 1. The number of fused-ring (bicyclic) bond motifs is 2. The predicted molar refractivity (Wildman–Crippen MR) is 126 cm³/mol. The summed E-state index contributed by atoms with van der Waals surface area (Å²) in [5.74, 6) is 0.146. The molecule has 31 heavy (non-hydrogen) atoms. The standard InChI is InChI=1S/C24H39N3O3S/c1-6-8-11-25-22-26-21-16(13-20(30)27(5)12-7-2)23(3)10-9-19(29)24(4,15-28)18(23)14-17(21)31-22/h7,16,18-19,28-29H,2,6,8-15H2,1,3-5H3,(H,25,26). The number of hydrogen-bond donors (Lipinski definition) is 3. The molecule has 3 N–H and O–H groups in total. The molecule has 1 aromatic heterocycles. The Labute approximate surface area is 190 Å². The van der Waals surface area contributed by atoms with Gasteiger partial charge in [0, 0.05) is 42.8 Å². The molecule has 1 aromatic rings. The Hall–Kier alpha value is -1.44. The van der Waals surface area contributed by atoms with Crippen LogP contribution in [0.25, 0.3) is 0 Å². The molecule has 2 aliphatic carbocycles. The molecule has 1 fully saturated rings. The quantitative estimate of drug-likeness (QED) is 0.394. The highest BCUT2D eigenvalue weighted by Gasteiger charge is 2.59. The second-order valence-electron chi connectivity index (χ2n) is 9.91. The number of unbranched alkanes of at least 4 members (excludes halogenated alkanes) is 1. The molecule has 5 unspecified atom stereocenters. The van der Waals surface area contributed by atoms with E-state index in [0.29, 0.717) is 19.4 Å². The minimum atomic E-state index is -0.585. The van der Waals surface area contributed by atoms with E-state index in [1.165, 1.54) is 4.88 Å². The first-order valence-corrected chi connectivity index (χ1v) is 12.4. The SMILES string of the molecule is C=CCN(C)C(=O)CC1c2nc(NCCCC)sc2CC2C(C)(CO)C(O)CCC12C. The summed E-state index contributed by atoms with van der Waals surface area (Å²) in [5, 5.41) is 25.5. The van der Waals surface area contributed by atoms with Gasteiger partial charge >= 0.3 is 0 Å². The Bertz CT molecular complexity index is 797. The van der Waals surface area contributed by atoms with E-state index in [2.05, 4.69) is 25.7 Å². The van der Waals surface area contributed by atoms with E-state index < -0.39 is 11.5 Å². The maximum Gasteiger partial charge on any atom is 0.223 e. The Kier molecular flexibility index (Phi) is 7.49. The van der Waals surface area contributed by atoms with Crippen LogP contribution in [0.1, 0.15) is 69.4 Å². The largest absolute Gasteiger partial charge is 0.396 e. The van der Waals surface area contributed by atoms with Crippen LogP contribution in [0.4, 0.5) is 5.13 Å². The fourth-order valence-electron chi connectivity index (χ4n) is 5.72. The number of nitrogens with zero attached hydrogens (tertiary/aromatic N) is 2. The molecule has 6 nitrogen and oxygen atoms in total. The van der Waals surface area contributed by atoms with Crippen LogP contribution < -0.4 is 5.32 Å². The molecule has 3 rings (SSSR count). The number of anilines is 1. The number of aromatic nitrogens is 1. The topological polar surface area (TPSA) is 85.7 Å². The van der Waals surface area contributed by atoms with Crippen molar-refractivity contribution in [3.8, 4) is 0 Å². The van der Waals surface area contributed by atoms with E-state index in [9.17, 15) is 15.0 Å². The Morgan fingerprint density at radius 3 is 2.84 bits per heavy atom. The summed E-state index contributed by atoms with van der Waals surface area (Å²) in [6.45, 7) is 11.5. The molecular weight excluding hydrogens is 410 g/mol. The summed E-state index contributed by atoms with van der Waals surface area (Å²) in [6, 6.07) is 0. The summed E-state index contributed by atoms with van der Waals surface area (Å²) in [6.07, 6.45) is 6.07. The van der Waals surface area contributed by atoms with Gasteiger partial charge in [0.2, 0.25) is 5.91 Å². The molecular formula is C24H39N3O3S. The number of carbonyl (C=O) groups excluding carboxylic acids is 1. The van der Waals surface area contributed by atoms with E-state index in [0.717, 1.165) is 43.1 Å². The molecule has 1 saturated carbocycles. The van der Waals surface area contributed by atoms with Gasteiger partial charge < -0.3 is 20.4 Å². The van der Waals surface area contributed by atoms with Gasteiger partial charge in [-0.2, -0.15) is 0 Å². The van der Waals surface area contributed by atoms with Crippen molar-refractivity contribution in [1.29, 1.82) is 0 Å². The third-order valence-electron chi connectivity index (χ3n) is 7.91. The lowest BCUT2D eigenvalue weighted by Crippen LogP contribution is -2.57. The molecule has 0 radical (unpaired) electrons. The summed E-state index contributed by atoms with van der Waals surface area (Å²) in [7, 11) is 1.81. The number of thiazole rings is 1. The molecule has 5 atom stereocenters. The second-order valence-corrected chi connectivity index (χ2v) is 11.0. The van der Waals surface area contributed by atoms with Gasteiger partial charge in [0.05, 0.1) is 18.4 Å². The van der Waals surface area contributed by atoms with E-state index >= 15 is 0 Å². The maximum atomic E-state index is 13.1. The molecule has 0 bridgehead atoms. The Morgan fingerprint density at radius 1 is 1.45 bits per heavy atom. The van der Waals surface area contributed by atoms with E-state index in [4.69, 9.17) is 4.98 Å². The van der Waals surface area contributed by atoms with Crippen molar-refractivity contribution in [2.24, 2.45) is 16.7 Å². The Balaban J connectivity index is 2.01. The zero-order valence-electron chi connectivity index (χ0n) is 19.5. The molecule has 1 amide bonds. The number of carbonyl (C=O) groups is 1. The van der Waals surface area contributed by atoms with Gasteiger partial charge in [0.1, 0.15) is 0 Å². The molecule has 0 aromatic carbocycles. The summed E-state index contributed by atoms with van der Waals surface area (Å²) < 4.78 is 0. The molecule has 7 heteroatoms. The third kappa shape index (κ3) is 4.41. The van der Waals surface area contributed by atoms with Crippen molar-refractivity contribution in [3.05, 3.63) is 23.2 Å². The lowest BCUT2D eigenvalue weighted by molar-refractivity contribution is -0.146. The highest BCUT2D eigenvalue weighted by atomic mass is 32.1. The Morgan fingerprint density at radius 2 is 2.19 bits per heavy atom. The number of rotatable bonds is 9. The predicted octanol–water partition coefficient (Wildman–Crippen LogP) is 3.81. The van der Waals surface area contributed by atoms with Crippen LogP contribution >= 0.6 is 11.3 Å². The van der Waals surface area contributed by atoms with Gasteiger partial charge in [-0.15, -0.1) is 17.9 Å². The van der Waals surface area contributed by atoms with Crippen molar-refractivity contribution >= 4 is 22.4 Å².